The summed E-state index contributed by atoms with van der Waals surface area (Å²) in [5.74, 6) is -1.47. The van der Waals surface area contributed by atoms with Gasteiger partial charge in [0, 0.05) is 12.1 Å². The van der Waals surface area contributed by atoms with Crippen molar-refractivity contribution >= 4 is 11.7 Å². The molecule has 4 nitrogen and oxygen atoms in total. The van der Waals surface area contributed by atoms with Crippen molar-refractivity contribution in [3.05, 3.63) is 29.6 Å². The summed E-state index contributed by atoms with van der Waals surface area (Å²) >= 11 is 0. The second kappa shape index (κ2) is 7.09. The molecule has 0 heterocycles. The number of esters is 1. The maximum absolute atomic E-state index is 12.9. The maximum atomic E-state index is 12.9. The number of hydrogen-bond acceptors (Lipinski definition) is 4. The van der Waals surface area contributed by atoms with Crippen LogP contribution >= 0.6 is 0 Å². The molecule has 0 atom stereocenters. The van der Waals surface area contributed by atoms with Crippen LogP contribution < -0.4 is 5.73 Å². The van der Waals surface area contributed by atoms with E-state index in [1.807, 2.05) is 0 Å². The molecule has 1 rings (SSSR count). The third-order valence-electron chi connectivity index (χ3n) is 2.17. The zero-order valence-electron chi connectivity index (χ0n) is 10.4. The van der Waals surface area contributed by atoms with Crippen LogP contribution in [0.15, 0.2) is 18.2 Å². The Morgan fingerprint density at radius 1 is 1.25 bits per heavy atom. The molecule has 8 heteroatoms. The monoisotopic (exact) mass is 295 g/mol. The van der Waals surface area contributed by atoms with Gasteiger partial charge >= 0.3 is 12.1 Å². The van der Waals surface area contributed by atoms with Crippen molar-refractivity contribution in [3.63, 3.8) is 0 Å². The number of hydrogen-bond donors (Lipinski definition) is 1. The summed E-state index contributed by atoms with van der Waals surface area (Å²) in [6.07, 6.45) is -4.29. The van der Waals surface area contributed by atoms with Crippen molar-refractivity contribution < 1.29 is 31.8 Å². The van der Waals surface area contributed by atoms with Gasteiger partial charge in [0.1, 0.15) is 12.4 Å². The van der Waals surface area contributed by atoms with Crippen molar-refractivity contribution in [2.45, 2.75) is 12.6 Å². The smallest absolute Gasteiger partial charge is 0.411 e. The van der Waals surface area contributed by atoms with Gasteiger partial charge in [-0.2, -0.15) is 13.2 Å². The number of nitrogens with two attached hydrogens (primary N) is 1. The van der Waals surface area contributed by atoms with E-state index < -0.39 is 24.6 Å². The minimum absolute atomic E-state index is 0.0599. The summed E-state index contributed by atoms with van der Waals surface area (Å²) < 4.78 is 57.2. The third-order valence-corrected chi connectivity index (χ3v) is 2.17. The van der Waals surface area contributed by atoms with E-state index in [2.05, 4.69) is 4.74 Å². The molecule has 0 aromatic heterocycles. The van der Waals surface area contributed by atoms with Gasteiger partial charge in [0.25, 0.3) is 0 Å². The number of benzene rings is 1. The molecule has 0 aliphatic rings. The maximum Gasteiger partial charge on any atom is 0.411 e. The lowest BCUT2D eigenvalue weighted by atomic mass is 10.2. The van der Waals surface area contributed by atoms with Crippen molar-refractivity contribution in [2.24, 2.45) is 0 Å². The minimum Gasteiger partial charge on any atom is -0.462 e. The Balaban J connectivity index is 2.28. The lowest BCUT2D eigenvalue weighted by molar-refractivity contribution is -0.174. The highest BCUT2D eigenvalue weighted by atomic mass is 19.4. The first-order chi connectivity index (χ1) is 9.29. The molecule has 20 heavy (non-hydrogen) atoms. The van der Waals surface area contributed by atoms with Crippen LogP contribution in [0.25, 0.3) is 0 Å². The zero-order chi connectivity index (χ0) is 15.2. The molecular formula is C12H13F4NO3. The fourth-order valence-corrected chi connectivity index (χ4v) is 1.30. The topological polar surface area (TPSA) is 61.6 Å². The molecule has 0 fully saturated rings. The van der Waals surface area contributed by atoms with Crippen LogP contribution in [0.1, 0.15) is 16.8 Å². The van der Waals surface area contributed by atoms with Gasteiger partial charge in [-0.15, -0.1) is 0 Å². The van der Waals surface area contributed by atoms with Gasteiger partial charge in [-0.3, -0.25) is 0 Å². The highest BCUT2D eigenvalue weighted by Crippen LogP contribution is 2.15. The Kier molecular flexibility index (Phi) is 5.75. The number of carbonyl (C=O) groups excluding carboxylic acids is 1. The Bertz CT molecular complexity index is 463. The average Bonchev–Trinajstić information content (AvgIpc) is 2.35. The number of alkyl halides is 3. The van der Waals surface area contributed by atoms with E-state index in [1.165, 1.54) is 6.07 Å². The molecule has 1 aromatic rings. The van der Waals surface area contributed by atoms with Gasteiger partial charge < -0.3 is 15.2 Å². The molecule has 0 radical (unpaired) electrons. The average molecular weight is 295 g/mol. The molecule has 0 amide bonds. The Morgan fingerprint density at radius 3 is 2.60 bits per heavy atom. The van der Waals surface area contributed by atoms with E-state index in [9.17, 15) is 22.4 Å². The first kappa shape index (κ1) is 16.2. The Labute approximate surface area is 112 Å². The third kappa shape index (κ3) is 5.87. The molecule has 0 saturated heterocycles. The minimum atomic E-state index is -4.38. The number of nitrogen functional groups attached to an aromatic ring is 1. The Morgan fingerprint density at radius 2 is 1.95 bits per heavy atom. The molecule has 0 spiro atoms. The number of rotatable bonds is 6. The molecule has 1 aromatic carbocycles. The van der Waals surface area contributed by atoms with Crippen LogP contribution in [0, 0.1) is 5.82 Å². The van der Waals surface area contributed by atoms with Crippen LogP contribution in [-0.2, 0) is 9.47 Å². The summed E-state index contributed by atoms with van der Waals surface area (Å²) in [4.78, 5) is 11.5. The fraction of sp³-hybridized carbons (Fsp3) is 0.417. The van der Waals surface area contributed by atoms with Crippen LogP contribution in [0.3, 0.4) is 0 Å². The van der Waals surface area contributed by atoms with E-state index in [-0.39, 0.29) is 30.9 Å². The van der Waals surface area contributed by atoms with Gasteiger partial charge in [0.2, 0.25) is 0 Å². The molecule has 0 aliphatic carbocycles. The van der Waals surface area contributed by atoms with E-state index >= 15 is 0 Å². The van der Waals surface area contributed by atoms with Crippen molar-refractivity contribution in [1.82, 2.24) is 0 Å². The Hall–Kier alpha value is -1.83. The van der Waals surface area contributed by atoms with Crippen molar-refractivity contribution in [3.8, 4) is 0 Å². The van der Waals surface area contributed by atoms with Crippen molar-refractivity contribution in [2.75, 3.05) is 25.6 Å². The van der Waals surface area contributed by atoms with Gasteiger partial charge in [0.05, 0.1) is 18.8 Å². The predicted octanol–water partition coefficient (Wildman–Crippen LogP) is 2.53. The number of halogens is 4. The second-order valence-corrected chi connectivity index (χ2v) is 3.89. The van der Waals surface area contributed by atoms with Crippen LogP contribution in [0.5, 0.6) is 0 Å². The van der Waals surface area contributed by atoms with E-state index in [1.54, 1.807) is 0 Å². The highest BCUT2D eigenvalue weighted by molar-refractivity contribution is 5.95. The second-order valence-electron chi connectivity index (χ2n) is 3.89. The summed E-state index contributed by atoms with van der Waals surface area (Å²) in [5, 5.41) is 0. The predicted molar refractivity (Wildman–Crippen MR) is 62.6 cm³/mol. The molecule has 2 N–H and O–H groups in total. The first-order valence-corrected chi connectivity index (χ1v) is 5.66. The molecule has 0 saturated carbocycles. The lowest BCUT2D eigenvalue weighted by Gasteiger charge is -2.09. The largest absolute Gasteiger partial charge is 0.462 e. The van der Waals surface area contributed by atoms with E-state index in [0.717, 1.165) is 12.1 Å². The van der Waals surface area contributed by atoms with E-state index in [4.69, 9.17) is 10.5 Å². The quantitative estimate of drug-likeness (QED) is 0.379. The summed E-state index contributed by atoms with van der Waals surface area (Å²) in [6.45, 7) is -1.70. The lowest BCUT2D eigenvalue weighted by Crippen LogP contribution is -2.18. The first-order valence-electron chi connectivity index (χ1n) is 5.66. The highest BCUT2D eigenvalue weighted by Gasteiger charge is 2.27. The summed E-state index contributed by atoms with van der Waals surface area (Å²) in [7, 11) is 0. The molecule has 112 valence electrons. The van der Waals surface area contributed by atoms with Crippen LogP contribution in [-0.4, -0.2) is 32.0 Å². The summed E-state index contributed by atoms with van der Waals surface area (Å²) in [5.41, 5.74) is 5.41. The van der Waals surface area contributed by atoms with Gasteiger partial charge in [0.15, 0.2) is 0 Å². The number of carbonyl (C=O) groups is 1. The van der Waals surface area contributed by atoms with Gasteiger partial charge in [-0.1, -0.05) is 0 Å². The SMILES string of the molecule is Nc1ccc(F)cc1C(=O)OCCCOCC(F)(F)F. The van der Waals surface area contributed by atoms with Gasteiger partial charge in [-0.25, -0.2) is 9.18 Å². The van der Waals surface area contributed by atoms with E-state index in [0.29, 0.717) is 0 Å². The van der Waals surface area contributed by atoms with Crippen LogP contribution in [0.2, 0.25) is 0 Å². The standard InChI is InChI=1S/C12H13F4NO3/c13-8-2-3-10(17)9(6-8)11(18)20-5-1-4-19-7-12(14,15)16/h2-3,6H,1,4-5,7,17H2. The van der Waals surface area contributed by atoms with Gasteiger partial charge in [-0.05, 0) is 18.2 Å². The molecular weight excluding hydrogens is 282 g/mol. The number of ether oxygens (including phenoxy) is 2. The van der Waals surface area contributed by atoms with Crippen LogP contribution in [0.4, 0.5) is 23.2 Å². The number of anilines is 1. The molecule has 0 bridgehead atoms. The summed E-state index contributed by atoms with van der Waals surface area (Å²) in [6, 6.07) is 3.24. The molecule has 0 aliphatic heterocycles. The molecule has 0 unspecified atom stereocenters. The normalized spacial score (nSPS) is 11.4. The zero-order valence-corrected chi connectivity index (χ0v) is 10.4. The van der Waals surface area contributed by atoms with Crippen molar-refractivity contribution in [1.29, 1.82) is 0 Å². The fourth-order valence-electron chi connectivity index (χ4n) is 1.30.